The molecule has 1 aromatic carbocycles. The Balaban J connectivity index is 1.71. The lowest BCUT2D eigenvalue weighted by molar-refractivity contribution is -0.148. The molecule has 0 saturated heterocycles. The average Bonchev–Trinajstić information content (AvgIpc) is 2.71. The third kappa shape index (κ3) is 3.97. The van der Waals surface area contributed by atoms with E-state index in [1.807, 2.05) is 49.4 Å². The van der Waals surface area contributed by atoms with Gasteiger partial charge in [-0.15, -0.1) is 0 Å². The van der Waals surface area contributed by atoms with Crippen LogP contribution in [0, 0.1) is 11.3 Å². The summed E-state index contributed by atoms with van der Waals surface area (Å²) in [5.74, 6) is -1.31. The van der Waals surface area contributed by atoms with Crippen molar-refractivity contribution in [1.82, 2.24) is 4.98 Å². The van der Waals surface area contributed by atoms with Crippen molar-refractivity contribution in [3.63, 3.8) is 0 Å². The molecule has 30 heavy (non-hydrogen) atoms. The van der Waals surface area contributed by atoms with Gasteiger partial charge in [0.25, 0.3) is 0 Å². The summed E-state index contributed by atoms with van der Waals surface area (Å²) in [4.78, 5) is 35.3. The van der Waals surface area contributed by atoms with Crippen molar-refractivity contribution in [2.24, 2.45) is 16.3 Å². The fraction of sp³-hybridized carbons (Fsp3) is 0.360. The van der Waals surface area contributed by atoms with E-state index in [1.165, 1.54) is 0 Å². The monoisotopic (exact) mass is 402 g/mol. The van der Waals surface area contributed by atoms with Crippen molar-refractivity contribution >= 4 is 17.5 Å². The number of allylic oxidation sites excluding steroid dienone is 2. The summed E-state index contributed by atoms with van der Waals surface area (Å²) in [6.45, 7) is 6.22. The molecular formula is C25H26N2O3. The number of Topliss-reactive ketones (excluding diaryl/α,β-unsaturated/α-hetero) is 1. The molecule has 0 fully saturated rings. The average molecular weight is 402 g/mol. The summed E-state index contributed by atoms with van der Waals surface area (Å²) in [6.07, 6.45) is 4.56. The maximum Gasteiger partial charge on any atom is 0.315 e. The van der Waals surface area contributed by atoms with Crippen molar-refractivity contribution in [3.05, 3.63) is 77.3 Å². The molecule has 0 N–H and O–H groups in total. The Hall–Kier alpha value is -3.08. The van der Waals surface area contributed by atoms with Crippen LogP contribution in [-0.4, -0.2) is 22.4 Å². The Labute approximate surface area is 176 Å². The SMILES string of the molecule is CC1=NC2=C(C(=O)CC(C)(C)C2)[C@@H](c2ccncc2)C1C(=O)OCc1ccccc1. The van der Waals surface area contributed by atoms with Crippen molar-refractivity contribution < 1.29 is 14.3 Å². The van der Waals surface area contributed by atoms with Gasteiger partial charge in [-0.3, -0.25) is 19.6 Å². The van der Waals surface area contributed by atoms with Gasteiger partial charge in [0.1, 0.15) is 12.5 Å². The molecule has 2 atom stereocenters. The third-order valence-corrected chi connectivity index (χ3v) is 5.85. The van der Waals surface area contributed by atoms with Crippen LogP contribution in [0.1, 0.15) is 50.7 Å². The molecule has 1 unspecified atom stereocenters. The molecule has 1 aliphatic carbocycles. The predicted molar refractivity (Wildman–Crippen MR) is 115 cm³/mol. The number of ether oxygens (including phenoxy) is 1. The van der Waals surface area contributed by atoms with E-state index in [2.05, 4.69) is 18.8 Å². The van der Waals surface area contributed by atoms with Gasteiger partial charge in [-0.1, -0.05) is 44.2 Å². The second-order valence-electron chi connectivity index (χ2n) is 8.88. The van der Waals surface area contributed by atoms with Crippen molar-refractivity contribution in [2.75, 3.05) is 0 Å². The quantitative estimate of drug-likeness (QED) is 0.699. The molecule has 4 rings (SSSR count). The van der Waals surface area contributed by atoms with Gasteiger partial charge in [0.15, 0.2) is 5.78 Å². The number of hydrogen-bond acceptors (Lipinski definition) is 5. The highest BCUT2D eigenvalue weighted by atomic mass is 16.5. The Morgan fingerprint density at radius 2 is 1.80 bits per heavy atom. The molecule has 1 aliphatic heterocycles. The van der Waals surface area contributed by atoms with Crippen LogP contribution >= 0.6 is 0 Å². The van der Waals surface area contributed by atoms with Gasteiger partial charge < -0.3 is 4.74 Å². The van der Waals surface area contributed by atoms with Crippen LogP contribution in [0.25, 0.3) is 0 Å². The summed E-state index contributed by atoms with van der Waals surface area (Å²) in [7, 11) is 0. The fourth-order valence-corrected chi connectivity index (χ4v) is 4.50. The van der Waals surface area contributed by atoms with E-state index >= 15 is 0 Å². The number of pyridine rings is 1. The Kier molecular flexibility index (Phi) is 5.37. The lowest BCUT2D eigenvalue weighted by atomic mass is 9.67. The molecule has 0 spiro atoms. The Bertz CT molecular complexity index is 1020. The van der Waals surface area contributed by atoms with Crippen LogP contribution < -0.4 is 0 Å². The smallest absolute Gasteiger partial charge is 0.315 e. The van der Waals surface area contributed by atoms with Gasteiger partial charge in [-0.2, -0.15) is 0 Å². The zero-order valence-electron chi connectivity index (χ0n) is 17.6. The zero-order chi connectivity index (χ0) is 21.3. The van der Waals surface area contributed by atoms with E-state index in [4.69, 9.17) is 9.73 Å². The standard InChI is InChI=1S/C25H26N2O3/c1-16-21(24(29)30-15-17-7-5-4-6-8-17)22(18-9-11-26-12-10-18)23-19(27-16)13-25(2,3)14-20(23)28/h4-12,21-22H,13-15H2,1-3H3/t21?,22-/m0/s1. The molecule has 0 radical (unpaired) electrons. The Morgan fingerprint density at radius 1 is 1.10 bits per heavy atom. The Morgan fingerprint density at radius 3 is 2.50 bits per heavy atom. The highest BCUT2D eigenvalue weighted by Gasteiger charge is 2.46. The van der Waals surface area contributed by atoms with Crippen molar-refractivity contribution in [2.45, 2.75) is 46.1 Å². The zero-order valence-corrected chi connectivity index (χ0v) is 17.6. The molecule has 0 bridgehead atoms. The first-order valence-corrected chi connectivity index (χ1v) is 10.3. The summed E-state index contributed by atoms with van der Waals surface area (Å²) < 4.78 is 5.68. The van der Waals surface area contributed by atoms with Crippen LogP contribution in [0.2, 0.25) is 0 Å². The molecule has 1 aromatic heterocycles. The summed E-state index contributed by atoms with van der Waals surface area (Å²) in [5.41, 5.74) is 3.84. The molecule has 154 valence electrons. The van der Waals surface area contributed by atoms with Crippen molar-refractivity contribution in [1.29, 1.82) is 0 Å². The molecule has 2 aliphatic rings. The maximum absolute atomic E-state index is 13.2. The number of benzene rings is 1. The predicted octanol–water partition coefficient (Wildman–Crippen LogP) is 4.64. The van der Waals surface area contributed by atoms with E-state index in [0.29, 0.717) is 17.7 Å². The minimum absolute atomic E-state index is 0.0696. The van der Waals surface area contributed by atoms with Crippen molar-refractivity contribution in [3.8, 4) is 0 Å². The summed E-state index contributed by atoms with van der Waals surface area (Å²) >= 11 is 0. The lowest BCUT2D eigenvalue weighted by Crippen LogP contribution is -2.39. The fourth-order valence-electron chi connectivity index (χ4n) is 4.50. The van der Waals surface area contributed by atoms with Gasteiger partial charge in [-0.25, -0.2) is 0 Å². The minimum Gasteiger partial charge on any atom is -0.460 e. The number of aliphatic imine (C=N–C) groups is 1. The van der Waals surface area contributed by atoms with E-state index in [-0.39, 0.29) is 23.8 Å². The summed E-state index contributed by atoms with van der Waals surface area (Å²) in [5, 5.41) is 0. The number of carbonyl (C=O) groups excluding carboxylic acids is 2. The van der Waals surface area contributed by atoms with E-state index in [1.54, 1.807) is 12.4 Å². The number of carbonyl (C=O) groups is 2. The first kappa shape index (κ1) is 20.2. The number of esters is 1. The van der Waals surface area contributed by atoms with E-state index in [9.17, 15) is 9.59 Å². The minimum atomic E-state index is -0.625. The highest BCUT2D eigenvalue weighted by molar-refractivity contribution is 6.09. The topological polar surface area (TPSA) is 68.6 Å². The third-order valence-electron chi connectivity index (χ3n) is 5.85. The molecule has 5 heteroatoms. The van der Waals surface area contributed by atoms with Crippen LogP contribution in [0.4, 0.5) is 0 Å². The van der Waals surface area contributed by atoms with Gasteiger partial charge >= 0.3 is 5.97 Å². The van der Waals surface area contributed by atoms with E-state index < -0.39 is 11.8 Å². The molecule has 2 aromatic rings. The van der Waals surface area contributed by atoms with Crippen LogP contribution in [0.3, 0.4) is 0 Å². The second-order valence-corrected chi connectivity index (χ2v) is 8.88. The van der Waals surface area contributed by atoms with Gasteiger partial charge in [-0.05, 0) is 42.0 Å². The molecule has 0 saturated carbocycles. The van der Waals surface area contributed by atoms with Gasteiger partial charge in [0.05, 0.1) is 0 Å². The molecular weight excluding hydrogens is 376 g/mol. The van der Waals surface area contributed by atoms with Gasteiger partial charge in [0.2, 0.25) is 0 Å². The highest BCUT2D eigenvalue weighted by Crippen LogP contribution is 2.47. The van der Waals surface area contributed by atoms with Crippen LogP contribution in [0.5, 0.6) is 0 Å². The normalized spacial score (nSPS) is 22.9. The van der Waals surface area contributed by atoms with Gasteiger partial charge in [0, 0.05) is 41.7 Å². The maximum atomic E-state index is 13.2. The molecule has 0 amide bonds. The largest absolute Gasteiger partial charge is 0.460 e. The number of hydrogen-bond donors (Lipinski definition) is 0. The second kappa shape index (κ2) is 7.98. The number of ketones is 1. The molecule has 2 heterocycles. The number of nitrogens with zero attached hydrogens (tertiary/aromatic N) is 2. The van der Waals surface area contributed by atoms with E-state index in [0.717, 1.165) is 23.2 Å². The van der Waals surface area contributed by atoms with Crippen LogP contribution in [-0.2, 0) is 20.9 Å². The molecule has 5 nitrogen and oxygen atoms in total. The number of aromatic nitrogens is 1. The first-order valence-electron chi connectivity index (χ1n) is 10.3. The van der Waals surface area contributed by atoms with Crippen LogP contribution in [0.15, 0.2) is 71.1 Å². The summed E-state index contributed by atoms with van der Waals surface area (Å²) in [6, 6.07) is 13.3. The number of rotatable bonds is 4. The first-order chi connectivity index (χ1) is 14.4. The lowest BCUT2D eigenvalue weighted by Gasteiger charge is -2.38.